The Hall–Kier alpha value is -2.49. The number of fused-ring (bicyclic) bond motifs is 1. The van der Waals surface area contributed by atoms with Gasteiger partial charge in [-0.2, -0.15) is 0 Å². The number of anilines is 1. The van der Waals surface area contributed by atoms with Gasteiger partial charge < -0.3 is 15.5 Å². The third-order valence-electron chi connectivity index (χ3n) is 3.40. The molecule has 0 aliphatic heterocycles. The molecular formula is C16H17N3O. The monoisotopic (exact) mass is 267 g/mol. The molecule has 0 fully saturated rings. The van der Waals surface area contributed by atoms with Crippen molar-refractivity contribution >= 4 is 16.7 Å². The van der Waals surface area contributed by atoms with Crippen molar-refractivity contribution in [3.8, 4) is 5.75 Å². The maximum absolute atomic E-state index is 5.69. The van der Waals surface area contributed by atoms with Gasteiger partial charge in [-0.15, -0.1) is 0 Å². The van der Waals surface area contributed by atoms with E-state index in [4.69, 9.17) is 10.5 Å². The SMILES string of the molecule is Cc1cc2nc(COc3ccc(N)cc3)[nH]c2cc1C. The highest BCUT2D eigenvalue weighted by Crippen LogP contribution is 2.19. The lowest BCUT2D eigenvalue weighted by molar-refractivity contribution is 0.297. The van der Waals surface area contributed by atoms with Crippen molar-refractivity contribution in [2.45, 2.75) is 20.5 Å². The Labute approximate surface area is 117 Å². The summed E-state index contributed by atoms with van der Waals surface area (Å²) in [6.45, 7) is 4.60. The lowest BCUT2D eigenvalue weighted by Gasteiger charge is -2.03. The van der Waals surface area contributed by atoms with Gasteiger partial charge in [-0.1, -0.05) is 0 Å². The Morgan fingerprint density at radius 1 is 1.10 bits per heavy atom. The highest BCUT2D eigenvalue weighted by Gasteiger charge is 2.05. The number of aromatic nitrogens is 2. The number of nitrogen functional groups attached to an aromatic ring is 1. The van der Waals surface area contributed by atoms with Crippen LogP contribution >= 0.6 is 0 Å². The van der Waals surface area contributed by atoms with Crippen LogP contribution in [0.5, 0.6) is 5.75 Å². The lowest BCUT2D eigenvalue weighted by Crippen LogP contribution is -1.97. The number of aryl methyl sites for hydroxylation is 2. The zero-order chi connectivity index (χ0) is 14.1. The molecule has 3 N–H and O–H groups in total. The molecule has 0 unspecified atom stereocenters. The van der Waals surface area contributed by atoms with Gasteiger partial charge in [0.1, 0.15) is 18.2 Å². The van der Waals surface area contributed by atoms with Gasteiger partial charge in [0.05, 0.1) is 11.0 Å². The Balaban J connectivity index is 1.79. The van der Waals surface area contributed by atoms with Crippen molar-refractivity contribution in [2.24, 2.45) is 0 Å². The van der Waals surface area contributed by atoms with Crippen LogP contribution in [0.25, 0.3) is 11.0 Å². The normalized spacial score (nSPS) is 10.9. The van der Waals surface area contributed by atoms with Crippen molar-refractivity contribution in [1.82, 2.24) is 9.97 Å². The number of aromatic amines is 1. The number of rotatable bonds is 3. The summed E-state index contributed by atoms with van der Waals surface area (Å²) in [5.41, 5.74) is 10.9. The van der Waals surface area contributed by atoms with E-state index in [1.165, 1.54) is 11.1 Å². The van der Waals surface area contributed by atoms with Gasteiger partial charge in [-0.05, 0) is 61.4 Å². The first-order valence-corrected chi connectivity index (χ1v) is 6.56. The molecule has 0 amide bonds. The third kappa shape index (κ3) is 2.45. The van der Waals surface area contributed by atoms with Gasteiger partial charge >= 0.3 is 0 Å². The van der Waals surface area contributed by atoms with E-state index in [2.05, 4.69) is 35.9 Å². The predicted molar refractivity (Wildman–Crippen MR) is 80.8 cm³/mol. The van der Waals surface area contributed by atoms with Crippen LogP contribution in [0.3, 0.4) is 0 Å². The summed E-state index contributed by atoms with van der Waals surface area (Å²) < 4.78 is 5.69. The number of hydrogen-bond donors (Lipinski definition) is 2. The van der Waals surface area contributed by atoms with Gasteiger partial charge in [-0.25, -0.2) is 4.98 Å². The molecule has 1 heterocycles. The second-order valence-corrected chi connectivity index (χ2v) is 4.99. The molecule has 0 saturated heterocycles. The number of nitrogens with one attached hydrogen (secondary N) is 1. The van der Waals surface area contributed by atoms with Crippen LogP contribution in [0.1, 0.15) is 17.0 Å². The summed E-state index contributed by atoms with van der Waals surface area (Å²) in [7, 11) is 0. The molecule has 1 aromatic heterocycles. The second kappa shape index (κ2) is 4.89. The molecule has 4 heteroatoms. The maximum atomic E-state index is 5.69. The van der Waals surface area contributed by atoms with Gasteiger partial charge in [0, 0.05) is 5.69 Å². The smallest absolute Gasteiger partial charge is 0.146 e. The molecule has 2 aromatic carbocycles. The average molecular weight is 267 g/mol. The number of benzene rings is 2. The van der Waals surface area contributed by atoms with E-state index in [1.54, 1.807) is 0 Å². The first-order valence-electron chi connectivity index (χ1n) is 6.56. The predicted octanol–water partition coefficient (Wildman–Crippen LogP) is 3.34. The Morgan fingerprint density at radius 2 is 1.80 bits per heavy atom. The molecule has 3 aromatic rings. The van der Waals surface area contributed by atoms with Crippen LogP contribution in [0.15, 0.2) is 36.4 Å². The molecule has 102 valence electrons. The highest BCUT2D eigenvalue weighted by molar-refractivity contribution is 5.77. The summed E-state index contributed by atoms with van der Waals surface area (Å²) in [4.78, 5) is 7.83. The van der Waals surface area contributed by atoms with Crippen LogP contribution in [0, 0.1) is 13.8 Å². The van der Waals surface area contributed by atoms with Crippen molar-refractivity contribution in [1.29, 1.82) is 0 Å². The zero-order valence-corrected chi connectivity index (χ0v) is 11.6. The molecule has 20 heavy (non-hydrogen) atoms. The van der Waals surface area contributed by atoms with E-state index in [0.29, 0.717) is 6.61 Å². The number of imidazole rings is 1. The summed E-state index contributed by atoms with van der Waals surface area (Å²) in [6.07, 6.45) is 0. The molecule has 0 spiro atoms. The van der Waals surface area contributed by atoms with Crippen LogP contribution < -0.4 is 10.5 Å². The van der Waals surface area contributed by atoms with E-state index in [9.17, 15) is 0 Å². The quantitative estimate of drug-likeness (QED) is 0.715. The van der Waals surface area contributed by atoms with Gasteiger partial charge in [-0.3, -0.25) is 0 Å². The van der Waals surface area contributed by atoms with E-state index in [-0.39, 0.29) is 0 Å². The fourth-order valence-electron chi connectivity index (χ4n) is 2.11. The number of hydrogen-bond acceptors (Lipinski definition) is 3. The van der Waals surface area contributed by atoms with Crippen LogP contribution in [0.4, 0.5) is 5.69 Å². The Bertz CT molecular complexity index is 705. The first kappa shape index (κ1) is 12.5. The van der Waals surface area contributed by atoms with Crippen LogP contribution in [0.2, 0.25) is 0 Å². The van der Waals surface area contributed by atoms with Crippen LogP contribution in [-0.2, 0) is 6.61 Å². The zero-order valence-electron chi connectivity index (χ0n) is 11.6. The molecule has 0 atom stereocenters. The average Bonchev–Trinajstić information content (AvgIpc) is 2.80. The number of nitrogens with two attached hydrogens (primary N) is 1. The Kier molecular flexibility index (Phi) is 3.06. The minimum atomic E-state index is 0.413. The van der Waals surface area contributed by atoms with Gasteiger partial charge in [0.2, 0.25) is 0 Å². The van der Waals surface area contributed by atoms with Crippen LogP contribution in [-0.4, -0.2) is 9.97 Å². The molecule has 3 rings (SSSR count). The van der Waals surface area contributed by atoms with Gasteiger partial charge in [0.15, 0.2) is 0 Å². The minimum Gasteiger partial charge on any atom is -0.486 e. The second-order valence-electron chi connectivity index (χ2n) is 4.99. The summed E-state index contributed by atoms with van der Waals surface area (Å²) >= 11 is 0. The highest BCUT2D eigenvalue weighted by atomic mass is 16.5. The first-order chi connectivity index (χ1) is 9.61. The molecule has 4 nitrogen and oxygen atoms in total. The number of nitrogens with zero attached hydrogens (tertiary/aromatic N) is 1. The summed E-state index contributed by atoms with van der Waals surface area (Å²) in [5.74, 6) is 1.61. The molecule has 0 aliphatic rings. The van der Waals surface area contributed by atoms with E-state index in [1.807, 2.05) is 24.3 Å². The lowest BCUT2D eigenvalue weighted by atomic mass is 10.1. The molecule has 0 radical (unpaired) electrons. The summed E-state index contributed by atoms with van der Waals surface area (Å²) in [6, 6.07) is 11.6. The fraction of sp³-hybridized carbons (Fsp3) is 0.188. The van der Waals surface area contributed by atoms with E-state index >= 15 is 0 Å². The van der Waals surface area contributed by atoms with Crippen molar-refractivity contribution in [2.75, 3.05) is 5.73 Å². The topological polar surface area (TPSA) is 63.9 Å². The van der Waals surface area contributed by atoms with Crippen molar-refractivity contribution in [3.05, 3.63) is 53.3 Å². The van der Waals surface area contributed by atoms with Crippen molar-refractivity contribution in [3.63, 3.8) is 0 Å². The molecular weight excluding hydrogens is 250 g/mol. The van der Waals surface area contributed by atoms with Crippen molar-refractivity contribution < 1.29 is 4.74 Å². The molecule has 0 saturated carbocycles. The molecule has 0 aliphatic carbocycles. The minimum absolute atomic E-state index is 0.413. The van der Waals surface area contributed by atoms with E-state index < -0.39 is 0 Å². The largest absolute Gasteiger partial charge is 0.486 e. The summed E-state index contributed by atoms with van der Waals surface area (Å²) in [5, 5.41) is 0. The van der Waals surface area contributed by atoms with Gasteiger partial charge in [0.25, 0.3) is 0 Å². The fourth-order valence-corrected chi connectivity index (χ4v) is 2.11. The Morgan fingerprint density at radius 3 is 2.55 bits per heavy atom. The van der Waals surface area contributed by atoms with E-state index in [0.717, 1.165) is 28.3 Å². The standard InChI is InChI=1S/C16H17N3O/c1-10-7-14-15(8-11(10)2)19-16(18-14)9-20-13-5-3-12(17)4-6-13/h3-8H,9,17H2,1-2H3,(H,18,19). The molecule has 0 bridgehead atoms. The maximum Gasteiger partial charge on any atom is 0.146 e. The number of H-pyrrole nitrogens is 1. The number of ether oxygens (including phenoxy) is 1. The third-order valence-corrected chi connectivity index (χ3v) is 3.40.